The van der Waals surface area contributed by atoms with Crippen molar-refractivity contribution < 1.29 is 15.0 Å². The third-order valence-electron chi connectivity index (χ3n) is 0.360. The zero-order valence-electron chi connectivity index (χ0n) is 4.38. The average Bonchev–Trinajstić information content (AvgIpc) is 1.21. The van der Waals surface area contributed by atoms with Crippen LogP contribution in [0.1, 0.15) is 6.92 Å². The van der Waals surface area contributed by atoms with Gasteiger partial charge in [-0.2, -0.15) is 0 Å². The summed E-state index contributed by atoms with van der Waals surface area (Å²) in [7, 11) is 0. The molecule has 0 saturated carbocycles. The molecule has 0 spiro atoms. The Balaban J connectivity index is 3.55. The van der Waals surface area contributed by atoms with Crippen LogP contribution in [-0.4, -0.2) is 22.2 Å². The molecule has 2 amide bonds. The van der Waals surface area contributed by atoms with Crippen LogP contribution in [0.25, 0.3) is 0 Å². The lowest BCUT2D eigenvalue weighted by atomic mass is 10.6. The molecule has 0 saturated heterocycles. The minimum absolute atomic E-state index is 0.975. The Kier molecular flexibility index (Phi) is 1.77. The average molecular weight is 120 g/mol. The highest BCUT2D eigenvalue weighted by atomic mass is 16.5. The first-order chi connectivity index (χ1) is 3.42. The third kappa shape index (κ3) is 5.19. The van der Waals surface area contributed by atoms with Crippen LogP contribution in [0.15, 0.2) is 0 Å². The molecule has 0 unspecified atom stereocenters. The van der Waals surface area contributed by atoms with Gasteiger partial charge in [0.15, 0.2) is 0 Å². The number of rotatable bonds is 1. The molecular weight excluding hydrogens is 112 g/mol. The van der Waals surface area contributed by atoms with E-state index in [1.165, 1.54) is 0 Å². The highest BCUT2D eigenvalue weighted by molar-refractivity contribution is 5.71. The Morgan fingerprint density at radius 1 is 1.75 bits per heavy atom. The maximum absolute atomic E-state index is 9.81. The van der Waals surface area contributed by atoms with Crippen LogP contribution in [0.3, 0.4) is 0 Å². The number of urea groups is 1. The van der Waals surface area contributed by atoms with Gasteiger partial charge in [0.25, 0.3) is 0 Å². The van der Waals surface area contributed by atoms with Crippen LogP contribution in [0.4, 0.5) is 4.79 Å². The van der Waals surface area contributed by atoms with E-state index in [0.717, 1.165) is 6.92 Å². The van der Waals surface area contributed by atoms with Crippen LogP contribution in [0.2, 0.25) is 0 Å². The molecular formula is C3H8N2O3. The van der Waals surface area contributed by atoms with Gasteiger partial charge in [-0.25, -0.2) is 4.79 Å². The normalized spacial score (nSPS) is 10.9. The van der Waals surface area contributed by atoms with E-state index in [-0.39, 0.29) is 0 Å². The molecule has 0 atom stereocenters. The van der Waals surface area contributed by atoms with Crippen molar-refractivity contribution in [2.45, 2.75) is 12.8 Å². The number of carbonyl (C=O) groups excluding carboxylic acids is 1. The quantitative estimate of drug-likeness (QED) is 0.311. The third-order valence-corrected chi connectivity index (χ3v) is 0.360. The summed E-state index contributed by atoms with van der Waals surface area (Å²) in [6.07, 6.45) is 0. The Hall–Kier alpha value is -0.810. The van der Waals surface area contributed by atoms with E-state index in [1.54, 1.807) is 5.32 Å². The molecule has 0 aliphatic carbocycles. The van der Waals surface area contributed by atoms with Gasteiger partial charge in [0, 0.05) is 6.92 Å². The van der Waals surface area contributed by atoms with E-state index < -0.39 is 11.9 Å². The molecule has 5 nitrogen and oxygen atoms in total. The van der Waals surface area contributed by atoms with E-state index >= 15 is 0 Å². The molecule has 0 aromatic heterocycles. The van der Waals surface area contributed by atoms with Crippen molar-refractivity contribution >= 4 is 6.03 Å². The van der Waals surface area contributed by atoms with E-state index in [2.05, 4.69) is 5.73 Å². The van der Waals surface area contributed by atoms with Crippen LogP contribution in [0, 0.1) is 0 Å². The van der Waals surface area contributed by atoms with Crippen molar-refractivity contribution in [1.29, 1.82) is 0 Å². The Bertz CT molecular complexity index is 95.2. The molecule has 5 N–H and O–H groups in total. The summed E-state index contributed by atoms with van der Waals surface area (Å²) in [5.41, 5.74) is 4.51. The number of nitrogens with one attached hydrogen (secondary N) is 1. The zero-order chi connectivity index (χ0) is 6.78. The van der Waals surface area contributed by atoms with Crippen molar-refractivity contribution in [2.75, 3.05) is 0 Å². The van der Waals surface area contributed by atoms with Gasteiger partial charge in [0.05, 0.1) is 0 Å². The van der Waals surface area contributed by atoms with Gasteiger partial charge < -0.3 is 15.9 Å². The minimum Gasteiger partial charge on any atom is -0.352 e. The van der Waals surface area contributed by atoms with E-state index in [4.69, 9.17) is 10.2 Å². The molecule has 0 aliphatic heterocycles. The standard InChI is InChI=1S/C3H8N2O3/c1-3(7,8)5-2(4)6/h7-8H,1H3,(H3,4,5,6). The summed E-state index contributed by atoms with van der Waals surface area (Å²) in [6.45, 7) is 0.984. The summed E-state index contributed by atoms with van der Waals surface area (Å²) in [4.78, 5) is 9.81. The number of aliphatic hydroxyl groups is 2. The smallest absolute Gasteiger partial charge is 0.316 e. The molecule has 0 aromatic rings. The number of primary amides is 1. The van der Waals surface area contributed by atoms with Gasteiger partial charge in [-0.3, -0.25) is 5.32 Å². The van der Waals surface area contributed by atoms with Gasteiger partial charge in [0.2, 0.25) is 5.91 Å². The molecule has 0 aliphatic rings. The molecule has 48 valence electrons. The maximum Gasteiger partial charge on any atom is 0.316 e. The molecule has 5 heteroatoms. The first kappa shape index (κ1) is 7.19. The molecule has 0 fully saturated rings. The SMILES string of the molecule is CC(O)(O)NC(N)=O. The zero-order valence-corrected chi connectivity index (χ0v) is 4.38. The van der Waals surface area contributed by atoms with Gasteiger partial charge in [-0.05, 0) is 0 Å². The molecule has 0 bridgehead atoms. The summed E-state index contributed by atoms with van der Waals surface area (Å²) < 4.78 is 0. The Morgan fingerprint density at radius 2 is 2.12 bits per heavy atom. The van der Waals surface area contributed by atoms with Gasteiger partial charge in [0.1, 0.15) is 0 Å². The summed E-state index contributed by atoms with van der Waals surface area (Å²) in [5.74, 6) is -2.20. The van der Waals surface area contributed by atoms with Crippen molar-refractivity contribution in [1.82, 2.24) is 5.32 Å². The second kappa shape index (κ2) is 1.97. The highest BCUT2D eigenvalue weighted by Gasteiger charge is 2.14. The van der Waals surface area contributed by atoms with Crippen LogP contribution in [-0.2, 0) is 0 Å². The van der Waals surface area contributed by atoms with Crippen molar-refractivity contribution in [2.24, 2.45) is 5.73 Å². The van der Waals surface area contributed by atoms with Crippen LogP contribution >= 0.6 is 0 Å². The van der Waals surface area contributed by atoms with Crippen molar-refractivity contribution in [3.63, 3.8) is 0 Å². The molecule has 8 heavy (non-hydrogen) atoms. The Labute approximate surface area is 46.1 Å². The fourth-order valence-corrected chi connectivity index (χ4v) is 0.233. The Morgan fingerprint density at radius 3 is 2.12 bits per heavy atom. The predicted octanol–water partition coefficient (Wildman–Crippen LogP) is -1.69. The van der Waals surface area contributed by atoms with Gasteiger partial charge >= 0.3 is 6.03 Å². The summed E-state index contributed by atoms with van der Waals surface area (Å²) >= 11 is 0. The monoisotopic (exact) mass is 120 g/mol. The summed E-state index contributed by atoms with van der Waals surface area (Å²) in [5, 5.41) is 18.3. The lowest BCUT2D eigenvalue weighted by Gasteiger charge is -2.14. The second-order valence-electron chi connectivity index (χ2n) is 1.51. The number of hydrogen-bond donors (Lipinski definition) is 4. The van der Waals surface area contributed by atoms with Gasteiger partial charge in [-0.1, -0.05) is 0 Å². The van der Waals surface area contributed by atoms with E-state index in [1.807, 2.05) is 0 Å². The fourth-order valence-electron chi connectivity index (χ4n) is 0.233. The van der Waals surface area contributed by atoms with E-state index in [0.29, 0.717) is 0 Å². The number of carbonyl (C=O) groups is 1. The maximum atomic E-state index is 9.81. The van der Waals surface area contributed by atoms with Crippen LogP contribution < -0.4 is 11.1 Å². The van der Waals surface area contributed by atoms with Crippen molar-refractivity contribution in [3.05, 3.63) is 0 Å². The summed E-state index contributed by atoms with van der Waals surface area (Å²) in [6, 6.07) is -0.975. The molecule has 0 rings (SSSR count). The first-order valence-corrected chi connectivity index (χ1v) is 1.94. The first-order valence-electron chi connectivity index (χ1n) is 1.94. The molecule has 0 radical (unpaired) electrons. The number of hydrogen-bond acceptors (Lipinski definition) is 3. The minimum atomic E-state index is -2.20. The fraction of sp³-hybridized carbons (Fsp3) is 0.667. The molecule has 0 heterocycles. The van der Waals surface area contributed by atoms with Crippen molar-refractivity contribution in [3.8, 4) is 0 Å². The highest BCUT2D eigenvalue weighted by Crippen LogP contribution is 1.86. The largest absolute Gasteiger partial charge is 0.352 e. The second-order valence-corrected chi connectivity index (χ2v) is 1.51. The van der Waals surface area contributed by atoms with Crippen LogP contribution in [0.5, 0.6) is 0 Å². The number of amides is 2. The lowest BCUT2D eigenvalue weighted by molar-refractivity contribution is -0.158. The van der Waals surface area contributed by atoms with Gasteiger partial charge in [-0.15, -0.1) is 0 Å². The molecule has 0 aromatic carbocycles. The lowest BCUT2D eigenvalue weighted by Crippen LogP contribution is -2.48. The number of nitrogens with two attached hydrogens (primary N) is 1. The topological polar surface area (TPSA) is 95.6 Å². The van der Waals surface area contributed by atoms with E-state index in [9.17, 15) is 4.79 Å². The predicted molar refractivity (Wildman–Crippen MR) is 25.6 cm³/mol.